The lowest BCUT2D eigenvalue weighted by Crippen LogP contribution is -2.42. The van der Waals surface area contributed by atoms with Gasteiger partial charge in [-0.2, -0.15) is 4.98 Å². The molecule has 3 aliphatic heterocycles. The standard InChI is InChI=1S/C29H37N9O13P2/c1-12-6-15-16(7-13(12)2)37(26-21(34-15)27(43)36-29(44)35-26)8-17(39)23(42)18(40)9-49-53(47,48)51-52(45,46)5-4-19-22(41)14(3)28(50-19)38-11-33-20-24(30)31-10-32-25(20)38/h6-7,10-11,14,17-19,22-23,28,39-42H,4-5,8-9H2,1-3H3,(H,45,46)(H,47,48)(H2,30,31,32)(H,36,43,44)/t14-,17+,18-,19-,22+,23+,28?/m1/s1. The Hall–Kier alpha value is -4.05. The molecule has 5 heterocycles. The first kappa shape index (κ1) is 38.7. The van der Waals surface area contributed by atoms with Crippen LogP contribution < -0.4 is 17.0 Å². The van der Waals surface area contributed by atoms with Gasteiger partial charge in [0.05, 0.1) is 48.9 Å². The SMILES string of the molecule is Cc1cc2nc3c(=O)[nH]c(=O)nc-3n(C[C@H](O)[C@H](O)[C@H](O)COP(=O)(O)OP(=O)(O)CC[C@H]3OC(n4cnc5c(N)ncnc54)[C@H](C)[C@@H]3O)c2cc1C. The highest BCUT2D eigenvalue weighted by molar-refractivity contribution is 7.64. The van der Waals surface area contributed by atoms with E-state index in [9.17, 15) is 48.9 Å². The largest absolute Gasteiger partial charge is 0.479 e. The van der Waals surface area contributed by atoms with Gasteiger partial charge in [-0.15, -0.1) is 0 Å². The maximum absolute atomic E-state index is 12.8. The molecular formula is C29H37N9O13P2. The Kier molecular flexibility index (Phi) is 10.7. The topological polar surface area (TPSA) is 333 Å². The average Bonchev–Trinajstić information content (AvgIpc) is 3.63. The molecule has 3 unspecified atom stereocenters. The normalized spacial score (nSPS) is 23.3. The fourth-order valence-electron chi connectivity index (χ4n) is 6.08. The molecule has 0 radical (unpaired) electrons. The van der Waals surface area contributed by atoms with Gasteiger partial charge in [0.15, 0.2) is 23.0 Å². The number of aryl methyl sites for hydroxylation is 2. The second-order valence-corrected chi connectivity index (χ2v) is 16.4. The monoisotopic (exact) mass is 781 g/mol. The first-order chi connectivity index (χ1) is 24.9. The van der Waals surface area contributed by atoms with Crippen molar-refractivity contribution in [2.75, 3.05) is 18.5 Å². The number of imidazole rings is 1. The number of rotatable bonds is 13. The number of benzene rings is 1. The number of aliphatic hydroxyl groups excluding tert-OH is 4. The molecule has 53 heavy (non-hydrogen) atoms. The summed E-state index contributed by atoms with van der Waals surface area (Å²) in [5, 5.41) is 43.0. The van der Waals surface area contributed by atoms with E-state index >= 15 is 0 Å². The summed E-state index contributed by atoms with van der Waals surface area (Å²) in [6.45, 7) is 3.59. The number of hydrogen-bond acceptors (Lipinski definition) is 17. The van der Waals surface area contributed by atoms with E-state index in [-0.39, 0.29) is 23.8 Å². The minimum Gasteiger partial charge on any atom is -0.390 e. The number of aliphatic hydroxyl groups is 4. The summed E-state index contributed by atoms with van der Waals surface area (Å²) >= 11 is 0. The van der Waals surface area contributed by atoms with Crippen molar-refractivity contribution in [3.05, 3.63) is 56.8 Å². The zero-order valence-corrected chi connectivity index (χ0v) is 30.1. The van der Waals surface area contributed by atoms with Crippen LogP contribution in [0.2, 0.25) is 0 Å². The number of fused-ring (bicyclic) bond motifs is 3. The fraction of sp³-hybridized carbons (Fsp3) is 0.483. The Morgan fingerprint density at radius 3 is 2.51 bits per heavy atom. The second kappa shape index (κ2) is 14.6. The summed E-state index contributed by atoms with van der Waals surface area (Å²) < 4.78 is 43.4. The lowest BCUT2D eigenvalue weighted by molar-refractivity contribution is -0.0791. The van der Waals surface area contributed by atoms with Crippen LogP contribution in [0.5, 0.6) is 0 Å². The van der Waals surface area contributed by atoms with Crippen molar-refractivity contribution in [3.8, 4) is 11.5 Å². The molecule has 0 spiro atoms. The fourth-order valence-corrected chi connectivity index (χ4v) is 8.80. The number of aromatic amines is 1. The molecule has 9 N–H and O–H groups in total. The van der Waals surface area contributed by atoms with Crippen LogP contribution in [0, 0.1) is 19.8 Å². The molecule has 3 aromatic rings. The molecule has 0 aliphatic carbocycles. The Bertz CT molecular complexity index is 2350. The number of aromatic nitrogens is 8. The highest BCUT2D eigenvalue weighted by atomic mass is 31.3. The van der Waals surface area contributed by atoms with Crippen LogP contribution in [0.4, 0.5) is 5.82 Å². The summed E-state index contributed by atoms with van der Waals surface area (Å²) in [5.41, 5.74) is 6.69. The molecule has 24 heteroatoms. The van der Waals surface area contributed by atoms with Crippen LogP contribution in [-0.2, 0) is 29.2 Å². The number of anilines is 1. The van der Waals surface area contributed by atoms with Gasteiger partial charge in [-0.25, -0.2) is 33.6 Å². The number of H-pyrrole nitrogens is 1. The minimum absolute atomic E-state index is 0.136. The van der Waals surface area contributed by atoms with E-state index in [4.69, 9.17) is 10.5 Å². The Balaban J connectivity index is 1.07. The Morgan fingerprint density at radius 2 is 1.77 bits per heavy atom. The number of ether oxygens (including phenoxy) is 1. The average molecular weight is 782 g/mol. The van der Waals surface area contributed by atoms with Crippen molar-refractivity contribution in [1.29, 1.82) is 0 Å². The van der Waals surface area contributed by atoms with Crippen molar-refractivity contribution < 1.29 is 52.9 Å². The molecule has 0 bridgehead atoms. The first-order valence-electron chi connectivity index (χ1n) is 16.1. The number of nitrogen functional groups attached to an aromatic ring is 1. The first-order valence-corrected chi connectivity index (χ1v) is 19.3. The molecule has 0 amide bonds. The maximum atomic E-state index is 12.8. The number of phosphoric ester groups is 1. The van der Waals surface area contributed by atoms with E-state index in [1.807, 2.05) is 11.9 Å². The van der Waals surface area contributed by atoms with Gasteiger partial charge < -0.3 is 45.3 Å². The van der Waals surface area contributed by atoms with Crippen molar-refractivity contribution in [3.63, 3.8) is 0 Å². The third kappa shape index (κ3) is 7.94. The maximum Gasteiger partial charge on any atom is 0.479 e. The van der Waals surface area contributed by atoms with Crippen LogP contribution >= 0.6 is 15.4 Å². The second-order valence-electron chi connectivity index (χ2n) is 12.8. The van der Waals surface area contributed by atoms with Gasteiger partial charge in [0.25, 0.3) is 5.56 Å². The summed E-state index contributed by atoms with van der Waals surface area (Å²) in [6, 6.07) is 3.34. The van der Waals surface area contributed by atoms with E-state index < -0.39 is 88.6 Å². The Labute approximate surface area is 298 Å². The molecule has 3 aliphatic rings. The third-order valence-corrected chi connectivity index (χ3v) is 12.2. The lowest BCUT2D eigenvalue weighted by atomic mass is 10.0. The lowest BCUT2D eigenvalue weighted by Gasteiger charge is -2.26. The predicted octanol–water partition coefficient (Wildman–Crippen LogP) is -0.690. The van der Waals surface area contributed by atoms with E-state index in [0.29, 0.717) is 22.2 Å². The van der Waals surface area contributed by atoms with E-state index in [1.165, 1.54) is 21.8 Å². The molecule has 1 saturated heterocycles. The van der Waals surface area contributed by atoms with Crippen LogP contribution in [0.1, 0.15) is 30.7 Å². The van der Waals surface area contributed by atoms with Gasteiger partial charge in [0.2, 0.25) is 0 Å². The third-order valence-electron chi connectivity index (χ3n) is 9.06. The van der Waals surface area contributed by atoms with Crippen molar-refractivity contribution >= 4 is 43.4 Å². The van der Waals surface area contributed by atoms with Crippen molar-refractivity contribution in [2.45, 2.75) is 70.5 Å². The van der Waals surface area contributed by atoms with Gasteiger partial charge in [-0.3, -0.25) is 23.4 Å². The highest BCUT2D eigenvalue weighted by Gasteiger charge is 2.44. The zero-order chi connectivity index (χ0) is 38.6. The number of phosphoric acid groups is 1. The van der Waals surface area contributed by atoms with Crippen molar-refractivity contribution in [2.24, 2.45) is 5.92 Å². The quantitative estimate of drug-likeness (QED) is 0.0541. The summed E-state index contributed by atoms with van der Waals surface area (Å²) in [7, 11) is -10.3. The van der Waals surface area contributed by atoms with Crippen LogP contribution in [0.25, 0.3) is 33.7 Å². The highest BCUT2D eigenvalue weighted by Crippen LogP contribution is 2.60. The smallest absolute Gasteiger partial charge is 0.390 e. The molecule has 0 saturated carbocycles. The van der Waals surface area contributed by atoms with Crippen molar-refractivity contribution in [1.82, 2.24) is 39.0 Å². The minimum atomic E-state index is -5.37. The molecular weight excluding hydrogens is 744 g/mol. The Morgan fingerprint density at radius 1 is 1.06 bits per heavy atom. The summed E-state index contributed by atoms with van der Waals surface area (Å²) in [5.74, 6) is -0.626. The molecule has 2 aromatic heterocycles. The van der Waals surface area contributed by atoms with Gasteiger partial charge in [0.1, 0.15) is 36.4 Å². The molecule has 22 nitrogen and oxygen atoms in total. The van der Waals surface area contributed by atoms with Gasteiger partial charge in [-0.05, 0) is 43.5 Å². The van der Waals surface area contributed by atoms with Crippen LogP contribution in [0.15, 0.2) is 34.4 Å². The zero-order valence-electron chi connectivity index (χ0n) is 28.3. The van der Waals surface area contributed by atoms with Gasteiger partial charge >= 0.3 is 21.1 Å². The number of nitrogens with zero attached hydrogens (tertiary/aromatic N) is 7. The molecule has 1 fully saturated rings. The molecule has 1 aromatic carbocycles. The number of nitrogens with one attached hydrogen (secondary N) is 1. The van der Waals surface area contributed by atoms with E-state index in [0.717, 1.165) is 11.1 Å². The van der Waals surface area contributed by atoms with Gasteiger partial charge in [-0.1, -0.05) is 6.92 Å². The van der Waals surface area contributed by atoms with Crippen LogP contribution in [0.3, 0.4) is 0 Å². The number of hydrogen-bond donors (Lipinski definition) is 8. The number of nitrogens with two attached hydrogens (primary N) is 1. The molecule has 9 atom stereocenters. The van der Waals surface area contributed by atoms with E-state index in [2.05, 4.69) is 33.8 Å². The van der Waals surface area contributed by atoms with Gasteiger partial charge in [0, 0.05) is 5.92 Å². The molecule has 6 rings (SSSR count). The van der Waals surface area contributed by atoms with E-state index in [1.54, 1.807) is 26.0 Å². The predicted molar refractivity (Wildman–Crippen MR) is 184 cm³/mol. The molecule has 286 valence electrons. The summed E-state index contributed by atoms with van der Waals surface area (Å²) in [6.07, 6.45) is -7.31. The van der Waals surface area contributed by atoms with Crippen LogP contribution in [-0.4, -0.2) is 113 Å². The summed E-state index contributed by atoms with van der Waals surface area (Å²) in [4.78, 5) is 67.5.